The molecule has 0 bridgehead atoms. The molecule has 3 aromatic heterocycles. The standard InChI is InChI=1S/C44H29N3O2/c1-2-6-31-25-34(20-11-28(31)5-1)47(32-16-12-29(13-17-32)35-7-3-9-39-37-21-23-45-26-41(37)48-43(35)39)33-18-14-30(15-19-33)36-8-4-10-40-38-22-24-46-27-42(38)49-44(36)40/h1-26,46H,27H2. The highest BCUT2D eigenvalue weighted by Crippen LogP contribution is 2.41. The Hall–Kier alpha value is -6.59. The highest BCUT2D eigenvalue weighted by atomic mass is 16.3. The summed E-state index contributed by atoms with van der Waals surface area (Å²) < 4.78 is 12.7. The van der Waals surface area contributed by atoms with Gasteiger partial charge in [0.05, 0.1) is 12.7 Å². The molecule has 1 aliphatic heterocycles. The molecule has 0 unspecified atom stereocenters. The average molecular weight is 632 g/mol. The van der Waals surface area contributed by atoms with Crippen molar-refractivity contribution in [2.75, 3.05) is 4.90 Å². The second kappa shape index (κ2) is 11.0. The fourth-order valence-corrected chi connectivity index (χ4v) is 7.25. The van der Waals surface area contributed by atoms with Crippen LogP contribution in [-0.4, -0.2) is 4.98 Å². The van der Waals surface area contributed by atoms with Gasteiger partial charge in [-0.05, 0) is 76.6 Å². The highest BCUT2D eigenvalue weighted by molar-refractivity contribution is 6.09. The zero-order valence-electron chi connectivity index (χ0n) is 26.4. The molecule has 0 amide bonds. The van der Waals surface area contributed by atoms with Crippen molar-refractivity contribution in [3.63, 3.8) is 0 Å². The predicted octanol–water partition coefficient (Wildman–Crippen LogP) is 11.8. The van der Waals surface area contributed by atoms with Crippen LogP contribution in [0, 0.1) is 0 Å². The summed E-state index contributed by atoms with van der Waals surface area (Å²) in [6.07, 6.45) is 7.68. The smallest absolute Gasteiger partial charge is 0.153 e. The normalized spacial score (nSPS) is 12.5. The molecular formula is C44H29N3O2. The molecule has 0 aliphatic carbocycles. The maximum atomic E-state index is 6.39. The summed E-state index contributed by atoms with van der Waals surface area (Å²) in [5, 5.41) is 8.98. The number of furan rings is 2. The topological polar surface area (TPSA) is 54.4 Å². The molecule has 49 heavy (non-hydrogen) atoms. The Labute approximate surface area is 282 Å². The molecule has 10 rings (SSSR count). The molecule has 4 heterocycles. The van der Waals surface area contributed by atoms with E-state index >= 15 is 0 Å². The largest absolute Gasteiger partial charge is 0.458 e. The van der Waals surface area contributed by atoms with E-state index in [-0.39, 0.29) is 0 Å². The number of pyridine rings is 1. The minimum atomic E-state index is 0.698. The maximum Gasteiger partial charge on any atom is 0.153 e. The fraction of sp³-hybridized carbons (Fsp3) is 0.0227. The predicted molar refractivity (Wildman–Crippen MR) is 200 cm³/mol. The number of rotatable bonds is 5. The average Bonchev–Trinajstić information content (AvgIpc) is 3.74. The zero-order chi connectivity index (χ0) is 32.3. The molecule has 9 aromatic rings. The summed E-state index contributed by atoms with van der Waals surface area (Å²) in [6, 6.07) is 47.4. The Kier molecular flexibility index (Phi) is 6.18. The van der Waals surface area contributed by atoms with Gasteiger partial charge in [-0.25, -0.2) is 0 Å². The molecule has 1 N–H and O–H groups in total. The van der Waals surface area contributed by atoms with E-state index in [9.17, 15) is 0 Å². The zero-order valence-corrected chi connectivity index (χ0v) is 26.4. The lowest BCUT2D eigenvalue weighted by atomic mass is 10.00. The molecular weight excluding hydrogens is 603 g/mol. The first kappa shape index (κ1) is 27.5. The van der Waals surface area contributed by atoms with Crippen molar-refractivity contribution in [1.82, 2.24) is 10.3 Å². The number of hydrogen-bond acceptors (Lipinski definition) is 5. The number of anilines is 3. The van der Waals surface area contributed by atoms with Crippen LogP contribution in [0.4, 0.5) is 17.1 Å². The molecule has 0 saturated heterocycles. The van der Waals surface area contributed by atoms with E-state index in [1.807, 2.05) is 18.5 Å². The summed E-state index contributed by atoms with van der Waals surface area (Å²) >= 11 is 0. The van der Waals surface area contributed by atoms with Crippen molar-refractivity contribution >= 4 is 66.8 Å². The van der Waals surface area contributed by atoms with E-state index < -0.39 is 0 Å². The molecule has 0 radical (unpaired) electrons. The van der Waals surface area contributed by atoms with Crippen molar-refractivity contribution in [1.29, 1.82) is 0 Å². The second-order valence-corrected chi connectivity index (χ2v) is 12.5. The van der Waals surface area contributed by atoms with Crippen molar-refractivity contribution in [2.45, 2.75) is 6.54 Å². The fourth-order valence-electron chi connectivity index (χ4n) is 7.25. The molecule has 6 aromatic carbocycles. The lowest BCUT2D eigenvalue weighted by molar-refractivity contribution is 0.533. The summed E-state index contributed by atoms with van der Waals surface area (Å²) in [6.45, 7) is 0.698. The third-order valence-corrected chi connectivity index (χ3v) is 9.63. The van der Waals surface area contributed by atoms with E-state index in [1.54, 1.807) is 6.20 Å². The van der Waals surface area contributed by atoms with Gasteiger partial charge in [-0.15, -0.1) is 0 Å². The van der Waals surface area contributed by atoms with Gasteiger partial charge in [-0.2, -0.15) is 0 Å². The number of aromatic nitrogens is 1. The van der Waals surface area contributed by atoms with Gasteiger partial charge >= 0.3 is 0 Å². The van der Waals surface area contributed by atoms with Gasteiger partial charge in [-0.1, -0.05) is 91.0 Å². The van der Waals surface area contributed by atoms with Crippen LogP contribution in [0.5, 0.6) is 0 Å². The van der Waals surface area contributed by atoms with Gasteiger partial charge in [0.25, 0.3) is 0 Å². The number of benzene rings is 6. The van der Waals surface area contributed by atoms with Crippen molar-refractivity contribution in [3.8, 4) is 22.3 Å². The van der Waals surface area contributed by atoms with Gasteiger partial charge in [0, 0.05) is 56.1 Å². The summed E-state index contributed by atoms with van der Waals surface area (Å²) in [4.78, 5) is 6.57. The van der Waals surface area contributed by atoms with Gasteiger partial charge < -0.3 is 19.1 Å². The van der Waals surface area contributed by atoms with Crippen LogP contribution in [0.1, 0.15) is 11.3 Å². The van der Waals surface area contributed by atoms with E-state index in [1.165, 1.54) is 10.8 Å². The van der Waals surface area contributed by atoms with Crippen LogP contribution in [-0.2, 0) is 6.54 Å². The molecule has 0 saturated carbocycles. The van der Waals surface area contributed by atoms with Gasteiger partial charge in [0.15, 0.2) is 5.58 Å². The van der Waals surface area contributed by atoms with Crippen LogP contribution in [0.25, 0.3) is 72.0 Å². The molecule has 5 nitrogen and oxygen atoms in total. The molecule has 5 heteroatoms. The number of para-hydroxylation sites is 2. The lowest BCUT2D eigenvalue weighted by Crippen LogP contribution is -2.09. The van der Waals surface area contributed by atoms with Gasteiger partial charge in [0.1, 0.15) is 16.9 Å². The van der Waals surface area contributed by atoms with E-state index in [2.05, 4.69) is 149 Å². The Morgan fingerprint density at radius 2 is 1.24 bits per heavy atom. The van der Waals surface area contributed by atoms with E-state index in [0.717, 1.165) is 83.5 Å². The van der Waals surface area contributed by atoms with Crippen LogP contribution < -0.4 is 10.2 Å². The Bertz CT molecular complexity index is 2720. The molecule has 0 fully saturated rings. The number of nitrogens with one attached hydrogen (secondary N) is 1. The van der Waals surface area contributed by atoms with Crippen molar-refractivity contribution < 1.29 is 8.83 Å². The third-order valence-electron chi connectivity index (χ3n) is 9.63. The van der Waals surface area contributed by atoms with E-state index in [0.29, 0.717) is 6.54 Å². The van der Waals surface area contributed by atoms with Crippen molar-refractivity contribution in [3.05, 3.63) is 163 Å². The second-order valence-electron chi connectivity index (χ2n) is 12.5. The maximum absolute atomic E-state index is 6.39. The summed E-state index contributed by atoms with van der Waals surface area (Å²) in [5.74, 6) is 0.973. The van der Waals surface area contributed by atoms with Gasteiger partial charge in [-0.3, -0.25) is 4.98 Å². The number of hydrogen-bond donors (Lipinski definition) is 1. The molecule has 0 spiro atoms. The quantitative estimate of drug-likeness (QED) is 0.205. The van der Waals surface area contributed by atoms with E-state index in [4.69, 9.17) is 8.83 Å². The monoisotopic (exact) mass is 631 g/mol. The first-order valence-electron chi connectivity index (χ1n) is 16.5. The minimum Gasteiger partial charge on any atom is -0.458 e. The molecule has 1 aliphatic rings. The Morgan fingerprint density at radius 1 is 0.571 bits per heavy atom. The summed E-state index contributed by atoms with van der Waals surface area (Å²) in [7, 11) is 0. The lowest BCUT2D eigenvalue weighted by Gasteiger charge is -2.26. The van der Waals surface area contributed by atoms with Crippen LogP contribution in [0.3, 0.4) is 0 Å². The molecule has 0 atom stereocenters. The minimum absolute atomic E-state index is 0.698. The third kappa shape index (κ3) is 4.51. The number of nitrogens with zero attached hydrogens (tertiary/aromatic N) is 2. The van der Waals surface area contributed by atoms with Crippen molar-refractivity contribution in [2.24, 2.45) is 0 Å². The van der Waals surface area contributed by atoms with Crippen LogP contribution in [0.15, 0.2) is 161 Å². The first-order chi connectivity index (χ1) is 24.3. The SMILES string of the molecule is C1=Cc2c(oc3c(-c4ccc(N(c5ccc(-c6cccc7c6oc6cnccc67)cc5)c5ccc6ccccc6c5)cc4)cccc23)CN1. The highest BCUT2D eigenvalue weighted by Gasteiger charge is 2.19. The Morgan fingerprint density at radius 3 is 2.00 bits per heavy atom. The van der Waals surface area contributed by atoms with Crippen LogP contribution >= 0.6 is 0 Å². The molecule has 232 valence electrons. The Balaban J connectivity index is 1.07. The van der Waals surface area contributed by atoms with Gasteiger partial charge in [0.2, 0.25) is 0 Å². The first-order valence-corrected chi connectivity index (χ1v) is 16.5. The summed E-state index contributed by atoms with van der Waals surface area (Å²) in [5.41, 5.74) is 11.3. The number of fused-ring (bicyclic) bond motifs is 7. The van der Waals surface area contributed by atoms with Crippen LogP contribution in [0.2, 0.25) is 0 Å².